The fourth-order valence-electron chi connectivity index (χ4n) is 2.97. The van der Waals surface area contributed by atoms with Crippen molar-refractivity contribution in [1.29, 1.82) is 0 Å². The van der Waals surface area contributed by atoms with Crippen LogP contribution in [0.15, 0.2) is 0 Å². The second kappa shape index (κ2) is 12.1. The SMILES string of the molecule is CCCCCCCCC(CSC1CCCCC1)NC. The quantitative estimate of drug-likeness (QED) is 0.511. The number of unbranched alkanes of at least 4 members (excludes halogenated alkanes) is 5. The van der Waals surface area contributed by atoms with Gasteiger partial charge in [-0.1, -0.05) is 64.7 Å². The summed E-state index contributed by atoms with van der Waals surface area (Å²) >= 11 is 2.24. The first-order valence-electron chi connectivity index (χ1n) is 8.65. The predicted molar refractivity (Wildman–Crippen MR) is 90.2 cm³/mol. The maximum Gasteiger partial charge on any atom is 0.0155 e. The van der Waals surface area contributed by atoms with E-state index in [1.165, 1.54) is 82.8 Å². The highest BCUT2D eigenvalue weighted by molar-refractivity contribution is 7.99. The van der Waals surface area contributed by atoms with Crippen LogP contribution in [0.1, 0.15) is 84.0 Å². The molecule has 1 aliphatic rings. The van der Waals surface area contributed by atoms with Crippen molar-refractivity contribution in [2.24, 2.45) is 0 Å². The van der Waals surface area contributed by atoms with Gasteiger partial charge in [0.25, 0.3) is 0 Å². The maximum atomic E-state index is 3.52. The van der Waals surface area contributed by atoms with Crippen molar-refractivity contribution in [1.82, 2.24) is 5.32 Å². The van der Waals surface area contributed by atoms with E-state index >= 15 is 0 Å². The molecule has 0 aromatic rings. The lowest BCUT2D eigenvalue weighted by atomic mass is 10.0. The molecule has 1 aliphatic carbocycles. The van der Waals surface area contributed by atoms with Crippen LogP contribution in [0.3, 0.4) is 0 Å². The molecule has 2 heteroatoms. The Bertz CT molecular complexity index is 190. The molecule has 0 aliphatic heterocycles. The van der Waals surface area contributed by atoms with Crippen molar-refractivity contribution in [3.05, 3.63) is 0 Å². The van der Waals surface area contributed by atoms with Crippen molar-refractivity contribution in [3.8, 4) is 0 Å². The van der Waals surface area contributed by atoms with Gasteiger partial charge < -0.3 is 5.32 Å². The Labute approximate surface area is 125 Å². The average molecular weight is 286 g/mol. The van der Waals surface area contributed by atoms with Gasteiger partial charge in [-0.25, -0.2) is 0 Å². The zero-order valence-electron chi connectivity index (χ0n) is 13.3. The summed E-state index contributed by atoms with van der Waals surface area (Å²) in [6.45, 7) is 2.29. The van der Waals surface area contributed by atoms with Crippen LogP contribution in [0.4, 0.5) is 0 Å². The third-order valence-corrected chi connectivity index (χ3v) is 5.94. The van der Waals surface area contributed by atoms with Crippen LogP contribution in [0, 0.1) is 0 Å². The highest BCUT2D eigenvalue weighted by atomic mass is 32.2. The van der Waals surface area contributed by atoms with Crippen molar-refractivity contribution in [2.45, 2.75) is 95.3 Å². The van der Waals surface area contributed by atoms with Crippen molar-refractivity contribution >= 4 is 11.8 Å². The van der Waals surface area contributed by atoms with E-state index in [0.29, 0.717) is 0 Å². The Hall–Kier alpha value is 0.310. The fraction of sp³-hybridized carbons (Fsp3) is 1.00. The fourth-order valence-corrected chi connectivity index (χ4v) is 4.47. The second-order valence-corrected chi connectivity index (χ2v) is 7.47. The lowest BCUT2D eigenvalue weighted by molar-refractivity contribution is 0.503. The largest absolute Gasteiger partial charge is 0.316 e. The summed E-state index contributed by atoms with van der Waals surface area (Å²) < 4.78 is 0. The van der Waals surface area contributed by atoms with Gasteiger partial charge in [-0.3, -0.25) is 0 Å². The molecule has 1 N–H and O–H groups in total. The minimum atomic E-state index is 0.748. The third kappa shape index (κ3) is 8.96. The molecule has 1 atom stereocenters. The molecule has 0 saturated heterocycles. The number of thioether (sulfide) groups is 1. The standard InChI is InChI=1S/C17H35NS/c1-3-4-5-6-7-9-12-16(18-2)15-19-17-13-10-8-11-14-17/h16-18H,3-15H2,1-2H3. The minimum absolute atomic E-state index is 0.748. The highest BCUT2D eigenvalue weighted by Crippen LogP contribution is 2.29. The summed E-state index contributed by atoms with van der Waals surface area (Å²) in [5.74, 6) is 1.33. The van der Waals surface area contributed by atoms with Crippen LogP contribution in [0.25, 0.3) is 0 Å². The monoisotopic (exact) mass is 285 g/mol. The summed E-state index contributed by atoms with van der Waals surface area (Å²) in [6, 6.07) is 0.748. The maximum absolute atomic E-state index is 3.52. The molecule has 0 bridgehead atoms. The Morgan fingerprint density at radius 3 is 2.37 bits per heavy atom. The number of hydrogen-bond donors (Lipinski definition) is 1. The van der Waals surface area contributed by atoms with Gasteiger partial charge in [0.2, 0.25) is 0 Å². The lowest BCUT2D eigenvalue weighted by Crippen LogP contribution is -2.28. The molecule has 0 aromatic carbocycles. The molecule has 1 rings (SSSR count). The molecule has 0 radical (unpaired) electrons. The van der Waals surface area contributed by atoms with E-state index in [2.05, 4.69) is 31.1 Å². The van der Waals surface area contributed by atoms with E-state index in [1.54, 1.807) is 0 Å². The number of hydrogen-bond acceptors (Lipinski definition) is 2. The second-order valence-electron chi connectivity index (χ2n) is 6.14. The van der Waals surface area contributed by atoms with E-state index in [0.717, 1.165) is 11.3 Å². The van der Waals surface area contributed by atoms with Gasteiger partial charge in [0.1, 0.15) is 0 Å². The molecule has 114 valence electrons. The van der Waals surface area contributed by atoms with Gasteiger partial charge in [-0.15, -0.1) is 0 Å². The van der Waals surface area contributed by atoms with Gasteiger partial charge in [-0.2, -0.15) is 11.8 Å². The summed E-state index contributed by atoms with van der Waals surface area (Å²) in [5, 5.41) is 4.49. The Morgan fingerprint density at radius 1 is 1.00 bits per heavy atom. The molecule has 1 nitrogen and oxygen atoms in total. The van der Waals surface area contributed by atoms with Crippen molar-refractivity contribution in [3.63, 3.8) is 0 Å². The van der Waals surface area contributed by atoms with Crippen LogP contribution in [0.5, 0.6) is 0 Å². The molecular weight excluding hydrogens is 250 g/mol. The van der Waals surface area contributed by atoms with E-state index < -0.39 is 0 Å². The first-order chi connectivity index (χ1) is 9.36. The Morgan fingerprint density at radius 2 is 1.68 bits per heavy atom. The lowest BCUT2D eigenvalue weighted by Gasteiger charge is -2.24. The topological polar surface area (TPSA) is 12.0 Å². The predicted octanol–water partition coefficient (Wildman–Crippen LogP) is 5.39. The summed E-state index contributed by atoms with van der Waals surface area (Å²) in [6.07, 6.45) is 17.3. The van der Waals surface area contributed by atoms with Gasteiger partial charge in [0, 0.05) is 17.0 Å². The van der Waals surface area contributed by atoms with Gasteiger partial charge in [0.05, 0.1) is 0 Å². The molecule has 19 heavy (non-hydrogen) atoms. The zero-order valence-corrected chi connectivity index (χ0v) is 14.1. The molecule has 1 unspecified atom stereocenters. The zero-order chi connectivity index (χ0) is 13.8. The Balaban J connectivity index is 1.98. The van der Waals surface area contributed by atoms with Gasteiger partial charge in [-0.05, 0) is 26.3 Å². The highest BCUT2D eigenvalue weighted by Gasteiger charge is 2.15. The first-order valence-corrected chi connectivity index (χ1v) is 9.70. The van der Waals surface area contributed by atoms with Crippen molar-refractivity contribution in [2.75, 3.05) is 12.8 Å². The van der Waals surface area contributed by atoms with E-state index in [9.17, 15) is 0 Å². The van der Waals surface area contributed by atoms with E-state index in [1.807, 2.05) is 0 Å². The van der Waals surface area contributed by atoms with E-state index in [-0.39, 0.29) is 0 Å². The van der Waals surface area contributed by atoms with Gasteiger partial charge >= 0.3 is 0 Å². The number of nitrogens with one attached hydrogen (secondary N) is 1. The molecule has 0 spiro atoms. The molecule has 1 fully saturated rings. The molecule has 1 saturated carbocycles. The third-order valence-electron chi connectivity index (χ3n) is 4.40. The first kappa shape index (κ1) is 17.4. The molecule has 0 amide bonds. The summed E-state index contributed by atoms with van der Waals surface area (Å²) in [7, 11) is 2.14. The van der Waals surface area contributed by atoms with Crippen LogP contribution in [0.2, 0.25) is 0 Å². The van der Waals surface area contributed by atoms with Gasteiger partial charge in [0.15, 0.2) is 0 Å². The summed E-state index contributed by atoms with van der Waals surface area (Å²) in [5.41, 5.74) is 0. The Kier molecular flexibility index (Phi) is 11.0. The molecular formula is C17H35NS. The van der Waals surface area contributed by atoms with Crippen LogP contribution in [-0.2, 0) is 0 Å². The van der Waals surface area contributed by atoms with E-state index in [4.69, 9.17) is 0 Å². The van der Waals surface area contributed by atoms with Crippen LogP contribution in [-0.4, -0.2) is 24.1 Å². The van der Waals surface area contributed by atoms with Crippen molar-refractivity contribution < 1.29 is 0 Å². The van der Waals surface area contributed by atoms with Crippen LogP contribution < -0.4 is 5.32 Å². The average Bonchev–Trinajstić information content (AvgIpc) is 2.47. The van der Waals surface area contributed by atoms with Crippen LogP contribution >= 0.6 is 11.8 Å². The minimum Gasteiger partial charge on any atom is -0.316 e. The molecule has 0 heterocycles. The summed E-state index contributed by atoms with van der Waals surface area (Å²) in [4.78, 5) is 0. The molecule has 0 aromatic heterocycles. The number of rotatable bonds is 11. The normalized spacial score (nSPS) is 18.6. The smallest absolute Gasteiger partial charge is 0.0155 e.